The average molecular weight is 261 g/mol. The standard InChI is InChI=1S/C9H19N5O2S/c1-15-6-4-10-3-5-14-9(11-12-13-14)17-8-7-16-2/h10H,3-8H2,1-2H3. The van der Waals surface area contributed by atoms with Crippen LogP contribution in [0.4, 0.5) is 0 Å². The van der Waals surface area contributed by atoms with E-state index in [-0.39, 0.29) is 0 Å². The van der Waals surface area contributed by atoms with E-state index < -0.39 is 0 Å². The molecule has 0 saturated carbocycles. The van der Waals surface area contributed by atoms with Crippen molar-refractivity contribution in [2.45, 2.75) is 11.7 Å². The molecule has 0 saturated heterocycles. The SMILES string of the molecule is COCCNCCn1nnnc1SCCOC. The Kier molecular flexibility index (Phi) is 7.89. The van der Waals surface area contributed by atoms with Crippen molar-refractivity contribution >= 4 is 11.8 Å². The van der Waals surface area contributed by atoms with Crippen molar-refractivity contribution in [1.82, 2.24) is 25.5 Å². The molecule has 0 aromatic carbocycles. The molecule has 1 rings (SSSR count). The Morgan fingerprint density at radius 2 is 2.06 bits per heavy atom. The molecule has 1 aromatic rings. The fourth-order valence-corrected chi connectivity index (χ4v) is 1.94. The summed E-state index contributed by atoms with van der Waals surface area (Å²) in [4.78, 5) is 0. The van der Waals surface area contributed by atoms with Gasteiger partial charge in [-0.15, -0.1) is 5.10 Å². The Morgan fingerprint density at radius 1 is 1.24 bits per heavy atom. The van der Waals surface area contributed by atoms with Gasteiger partial charge >= 0.3 is 0 Å². The van der Waals surface area contributed by atoms with Gasteiger partial charge in [-0.3, -0.25) is 0 Å². The lowest BCUT2D eigenvalue weighted by molar-refractivity contribution is 0.199. The number of hydrogen-bond donors (Lipinski definition) is 1. The van der Waals surface area contributed by atoms with Gasteiger partial charge in [0.15, 0.2) is 0 Å². The molecule has 1 heterocycles. The van der Waals surface area contributed by atoms with E-state index in [0.29, 0.717) is 13.2 Å². The van der Waals surface area contributed by atoms with Crippen molar-refractivity contribution in [2.75, 3.05) is 46.3 Å². The van der Waals surface area contributed by atoms with Gasteiger partial charge in [0.05, 0.1) is 19.8 Å². The van der Waals surface area contributed by atoms with Crippen molar-refractivity contribution in [3.8, 4) is 0 Å². The number of methoxy groups -OCH3 is 2. The van der Waals surface area contributed by atoms with E-state index in [2.05, 4.69) is 20.8 Å². The van der Waals surface area contributed by atoms with Crippen molar-refractivity contribution < 1.29 is 9.47 Å². The second kappa shape index (κ2) is 9.34. The van der Waals surface area contributed by atoms with E-state index in [0.717, 1.165) is 30.5 Å². The zero-order chi connectivity index (χ0) is 12.3. The van der Waals surface area contributed by atoms with Crippen LogP contribution >= 0.6 is 11.8 Å². The summed E-state index contributed by atoms with van der Waals surface area (Å²) in [6.07, 6.45) is 0. The number of nitrogens with one attached hydrogen (secondary N) is 1. The number of rotatable bonds is 10. The Balaban J connectivity index is 2.20. The first kappa shape index (κ1) is 14.4. The Morgan fingerprint density at radius 3 is 2.82 bits per heavy atom. The topological polar surface area (TPSA) is 74.1 Å². The van der Waals surface area contributed by atoms with E-state index in [1.54, 1.807) is 30.7 Å². The van der Waals surface area contributed by atoms with Crippen LogP contribution in [0.25, 0.3) is 0 Å². The second-order valence-electron chi connectivity index (χ2n) is 3.27. The van der Waals surface area contributed by atoms with Crippen molar-refractivity contribution in [2.24, 2.45) is 0 Å². The zero-order valence-electron chi connectivity index (χ0n) is 10.3. The van der Waals surface area contributed by atoms with E-state index in [1.165, 1.54) is 0 Å². The molecular formula is C9H19N5O2S. The molecule has 0 aliphatic rings. The lowest BCUT2D eigenvalue weighted by Gasteiger charge is -2.05. The molecule has 0 unspecified atom stereocenters. The summed E-state index contributed by atoms with van der Waals surface area (Å²) in [6.45, 7) is 3.83. The van der Waals surface area contributed by atoms with E-state index in [9.17, 15) is 0 Å². The number of hydrogen-bond acceptors (Lipinski definition) is 7. The minimum atomic E-state index is 0.698. The van der Waals surface area contributed by atoms with Crippen LogP contribution in [0, 0.1) is 0 Å². The normalized spacial score (nSPS) is 10.9. The Hall–Kier alpha value is -0.700. The maximum absolute atomic E-state index is 4.98. The molecule has 1 aromatic heterocycles. The summed E-state index contributed by atoms with van der Waals surface area (Å²) in [7, 11) is 3.37. The van der Waals surface area contributed by atoms with Crippen LogP contribution in [0.5, 0.6) is 0 Å². The van der Waals surface area contributed by atoms with Crippen molar-refractivity contribution in [3.05, 3.63) is 0 Å². The summed E-state index contributed by atoms with van der Waals surface area (Å²) >= 11 is 1.60. The average Bonchev–Trinajstić information content (AvgIpc) is 2.77. The first-order valence-corrected chi connectivity index (χ1v) is 6.44. The Bertz CT molecular complexity index is 297. The second-order valence-corrected chi connectivity index (χ2v) is 4.33. The molecule has 98 valence electrons. The van der Waals surface area contributed by atoms with Gasteiger partial charge in [0, 0.05) is 33.1 Å². The lowest BCUT2D eigenvalue weighted by atomic mass is 10.6. The minimum Gasteiger partial charge on any atom is -0.384 e. The van der Waals surface area contributed by atoms with Crippen LogP contribution in [0.2, 0.25) is 0 Å². The van der Waals surface area contributed by atoms with Gasteiger partial charge in [-0.1, -0.05) is 11.8 Å². The van der Waals surface area contributed by atoms with E-state index in [4.69, 9.17) is 9.47 Å². The smallest absolute Gasteiger partial charge is 0.209 e. The number of ether oxygens (including phenoxy) is 2. The molecule has 8 heteroatoms. The molecule has 7 nitrogen and oxygen atoms in total. The maximum atomic E-state index is 4.98. The summed E-state index contributed by atoms with van der Waals surface area (Å²) in [5.41, 5.74) is 0. The molecule has 0 radical (unpaired) electrons. The third-order valence-electron chi connectivity index (χ3n) is 2.00. The molecule has 0 bridgehead atoms. The number of nitrogens with zero attached hydrogens (tertiary/aromatic N) is 4. The Labute approximate surface area is 105 Å². The van der Waals surface area contributed by atoms with E-state index in [1.807, 2.05) is 0 Å². The number of aromatic nitrogens is 4. The maximum Gasteiger partial charge on any atom is 0.209 e. The molecular weight excluding hydrogens is 242 g/mol. The third-order valence-corrected chi connectivity index (χ3v) is 2.92. The zero-order valence-corrected chi connectivity index (χ0v) is 11.1. The molecule has 0 fully saturated rings. The van der Waals surface area contributed by atoms with Gasteiger partial charge in [-0.25, -0.2) is 4.68 Å². The quantitative estimate of drug-likeness (QED) is 0.456. The predicted molar refractivity (Wildman–Crippen MR) is 65.2 cm³/mol. The summed E-state index contributed by atoms with van der Waals surface area (Å²) in [5.74, 6) is 0.855. The monoisotopic (exact) mass is 261 g/mol. The van der Waals surface area contributed by atoms with Crippen LogP contribution in [-0.4, -0.2) is 66.5 Å². The summed E-state index contributed by atoms with van der Waals surface area (Å²) in [6, 6.07) is 0. The highest BCUT2D eigenvalue weighted by atomic mass is 32.2. The van der Waals surface area contributed by atoms with Gasteiger partial charge in [-0.2, -0.15) is 0 Å². The van der Waals surface area contributed by atoms with Gasteiger partial charge in [0.25, 0.3) is 0 Å². The van der Waals surface area contributed by atoms with Crippen LogP contribution < -0.4 is 5.32 Å². The summed E-state index contributed by atoms with van der Waals surface area (Å²) in [5, 5.41) is 15.6. The first-order valence-electron chi connectivity index (χ1n) is 5.46. The van der Waals surface area contributed by atoms with Crippen LogP contribution in [0.1, 0.15) is 0 Å². The number of thioether (sulfide) groups is 1. The minimum absolute atomic E-state index is 0.698. The van der Waals surface area contributed by atoms with Gasteiger partial charge in [0.2, 0.25) is 5.16 Å². The molecule has 0 spiro atoms. The predicted octanol–water partition coefficient (Wildman–Crippen LogP) is -0.352. The first-order chi connectivity index (χ1) is 8.38. The van der Waals surface area contributed by atoms with Gasteiger partial charge < -0.3 is 14.8 Å². The highest BCUT2D eigenvalue weighted by Crippen LogP contribution is 2.12. The molecule has 0 aliphatic heterocycles. The highest BCUT2D eigenvalue weighted by Gasteiger charge is 2.05. The number of tetrazole rings is 1. The van der Waals surface area contributed by atoms with Crippen molar-refractivity contribution in [3.63, 3.8) is 0 Å². The van der Waals surface area contributed by atoms with Crippen LogP contribution in [-0.2, 0) is 16.0 Å². The van der Waals surface area contributed by atoms with Gasteiger partial charge in [-0.05, 0) is 10.4 Å². The van der Waals surface area contributed by atoms with Crippen LogP contribution in [0.15, 0.2) is 5.16 Å². The fourth-order valence-electron chi connectivity index (χ4n) is 1.14. The third kappa shape index (κ3) is 5.97. The van der Waals surface area contributed by atoms with Crippen molar-refractivity contribution in [1.29, 1.82) is 0 Å². The molecule has 0 amide bonds. The van der Waals surface area contributed by atoms with E-state index >= 15 is 0 Å². The van der Waals surface area contributed by atoms with Crippen LogP contribution in [0.3, 0.4) is 0 Å². The molecule has 17 heavy (non-hydrogen) atoms. The van der Waals surface area contributed by atoms with Gasteiger partial charge in [0.1, 0.15) is 0 Å². The molecule has 1 N–H and O–H groups in total. The highest BCUT2D eigenvalue weighted by molar-refractivity contribution is 7.99. The fraction of sp³-hybridized carbons (Fsp3) is 0.889. The molecule has 0 aliphatic carbocycles. The summed E-state index contributed by atoms with van der Waals surface area (Å²) < 4.78 is 11.7. The molecule has 0 atom stereocenters. The largest absolute Gasteiger partial charge is 0.384 e. The lowest BCUT2D eigenvalue weighted by Crippen LogP contribution is -2.24.